The summed E-state index contributed by atoms with van der Waals surface area (Å²) in [7, 11) is -2.05. The van der Waals surface area contributed by atoms with Crippen LogP contribution in [0.4, 0.5) is 5.69 Å². The van der Waals surface area contributed by atoms with Crippen LogP contribution in [0.1, 0.15) is 5.56 Å². The maximum Gasteiger partial charge on any atom is 0.243 e. The summed E-state index contributed by atoms with van der Waals surface area (Å²) in [5.74, 6) is 0. The minimum absolute atomic E-state index is 0.166. The molecular weight excluding hydrogens is 332 g/mol. The van der Waals surface area contributed by atoms with E-state index in [1.807, 2.05) is 0 Å². The Balaban J connectivity index is 2.28. The van der Waals surface area contributed by atoms with E-state index in [0.29, 0.717) is 10.2 Å². The topological polar surface area (TPSA) is 76.5 Å². The van der Waals surface area contributed by atoms with Crippen LogP contribution in [0.3, 0.4) is 0 Å². The van der Waals surface area contributed by atoms with Gasteiger partial charge in [0.2, 0.25) is 10.0 Å². The highest BCUT2D eigenvalue weighted by Crippen LogP contribution is 2.25. The van der Waals surface area contributed by atoms with Gasteiger partial charge in [0.1, 0.15) is 0 Å². The highest BCUT2D eigenvalue weighted by molar-refractivity contribution is 9.10. The summed E-state index contributed by atoms with van der Waals surface area (Å²) in [5, 5.41) is 0. The van der Waals surface area contributed by atoms with Crippen LogP contribution >= 0.6 is 15.9 Å². The molecule has 0 spiro atoms. The molecule has 19 heavy (non-hydrogen) atoms. The Bertz CT molecular complexity index is 668. The van der Waals surface area contributed by atoms with Crippen molar-refractivity contribution in [2.75, 3.05) is 12.8 Å². The van der Waals surface area contributed by atoms with Crippen LogP contribution < -0.4 is 5.73 Å². The van der Waals surface area contributed by atoms with E-state index in [2.05, 4.69) is 15.9 Å². The molecule has 1 aromatic heterocycles. The van der Waals surface area contributed by atoms with Gasteiger partial charge in [0, 0.05) is 29.3 Å². The maximum atomic E-state index is 12.3. The number of rotatable bonds is 4. The SMILES string of the molecule is CN(Cc1ccoc1)S(=O)(=O)c1ccc(Br)c(N)c1. The third-order valence-corrected chi connectivity index (χ3v) is 5.18. The fraction of sp³-hybridized carbons (Fsp3) is 0.167. The van der Waals surface area contributed by atoms with E-state index in [1.54, 1.807) is 12.1 Å². The highest BCUT2D eigenvalue weighted by Gasteiger charge is 2.21. The van der Waals surface area contributed by atoms with E-state index in [0.717, 1.165) is 5.56 Å². The van der Waals surface area contributed by atoms with Crippen molar-refractivity contribution in [3.8, 4) is 0 Å². The van der Waals surface area contributed by atoms with Gasteiger partial charge in [-0.3, -0.25) is 0 Å². The molecule has 1 aromatic carbocycles. The van der Waals surface area contributed by atoms with Crippen molar-refractivity contribution in [2.24, 2.45) is 0 Å². The van der Waals surface area contributed by atoms with E-state index < -0.39 is 10.0 Å². The molecule has 0 radical (unpaired) electrons. The summed E-state index contributed by atoms with van der Waals surface area (Å²) >= 11 is 3.24. The van der Waals surface area contributed by atoms with Crippen molar-refractivity contribution < 1.29 is 12.8 Å². The van der Waals surface area contributed by atoms with Crippen LogP contribution in [-0.2, 0) is 16.6 Å². The van der Waals surface area contributed by atoms with Gasteiger partial charge >= 0.3 is 0 Å². The van der Waals surface area contributed by atoms with Gasteiger partial charge in [-0.2, -0.15) is 4.31 Å². The van der Waals surface area contributed by atoms with Gasteiger partial charge in [-0.1, -0.05) is 0 Å². The van der Waals surface area contributed by atoms with Crippen LogP contribution in [0.15, 0.2) is 50.6 Å². The number of sulfonamides is 1. The smallest absolute Gasteiger partial charge is 0.243 e. The summed E-state index contributed by atoms with van der Waals surface area (Å²) in [5.41, 5.74) is 6.88. The zero-order chi connectivity index (χ0) is 14.0. The normalized spacial score (nSPS) is 11.9. The number of nitrogens with zero attached hydrogens (tertiary/aromatic N) is 1. The molecule has 0 atom stereocenters. The van der Waals surface area contributed by atoms with Crippen LogP contribution in [0.25, 0.3) is 0 Å². The molecule has 0 amide bonds. The van der Waals surface area contributed by atoms with Gasteiger partial charge in [0.25, 0.3) is 0 Å². The molecule has 2 aromatic rings. The molecule has 2 N–H and O–H groups in total. The Kier molecular flexibility index (Phi) is 3.98. The Labute approximate surface area is 120 Å². The summed E-state index contributed by atoms with van der Waals surface area (Å²) in [6.07, 6.45) is 3.02. The molecule has 0 bridgehead atoms. The summed E-state index contributed by atoms with van der Waals surface area (Å²) < 4.78 is 31.5. The van der Waals surface area contributed by atoms with Crippen LogP contribution in [0.5, 0.6) is 0 Å². The Morgan fingerprint density at radius 3 is 2.68 bits per heavy atom. The molecule has 102 valence electrons. The van der Waals surface area contributed by atoms with E-state index in [-0.39, 0.29) is 11.4 Å². The van der Waals surface area contributed by atoms with Gasteiger partial charge in [-0.15, -0.1) is 0 Å². The maximum absolute atomic E-state index is 12.3. The van der Waals surface area contributed by atoms with Crippen LogP contribution in [-0.4, -0.2) is 19.8 Å². The lowest BCUT2D eigenvalue weighted by Gasteiger charge is -2.16. The lowest BCUT2D eigenvalue weighted by Crippen LogP contribution is -2.26. The summed E-state index contributed by atoms with van der Waals surface area (Å²) in [6, 6.07) is 6.29. The molecule has 7 heteroatoms. The lowest BCUT2D eigenvalue weighted by molar-refractivity contribution is 0.463. The molecule has 0 unspecified atom stereocenters. The second-order valence-electron chi connectivity index (χ2n) is 4.08. The van der Waals surface area contributed by atoms with Crippen molar-refractivity contribution in [3.63, 3.8) is 0 Å². The third kappa shape index (κ3) is 2.99. The molecule has 0 aliphatic rings. The highest BCUT2D eigenvalue weighted by atomic mass is 79.9. The molecule has 1 heterocycles. The van der Waals surface area contributed by atoms with E-state index in [4.69, 9.17) is 10.2 Å². The molecule has 0 fully saturated rings. The fourth-order valence-electron chi connectivity index (χ4n) is 1.59. The van der Waals surface area contributed by atoms with Gasteiger partial charge in [0.15, 0.2) is 0 Å². The molecule has 0 saturated heterocycles. The standard InChI is InChI=1S/C12H13BrN2O3S/c1-15(7-9-4-5-18-8-9)19(16,17)10-2-3-11(13)12(14)6-10/h2-6,8H,7,14H2,1H3. The lowest BCUT2D eigenvalue weighted by atomic mass is 10.3. The fourth-order valence-corrected chi connectivity index (χ4v) is 3.03. The zero-order valence-corrected chi connectivity index (χ0v) is 12.6. The van der Waals surface area contributed by atoms with Crippen LogP contribution in [0.2, 0.25) is 0 Å². The first-order valence-corrected chi connectivity index (χ1v) is 7.67. The second-order valence-corrected chi connectivity index (χ2v) is 6.98. The summed E-state index contributed by atoms with van der Waals surface area (Å²) in [4.78, 5) is 0.166. The number of nitrogens with two attached hydrogens (primary N) is 1. The molecule has 5 nitrogen and oxygen atoms in total. The average Bonchev–Trinajstić information content (AvgIpc) is 2.85. The van der Waals surface area contributed by atoms with Crippen molar-refractivity contribution in [3.05, 3.63) is 46.8 Å². The minimum Gasteiger partial charge on any atom is -0.472 e. The quantitative estimate of drug-likeness (QED) is 0.864. The predicted octanol–water partition coefficient (Wildman–Crippen LogP) is 2.45. The Hall–Kier alpha value is -1.31. The first-order chi connectivity index (χ1) is 8.91. The number of furan rings is 1. The number of benzene rings is 1. The van der Waals surface area contributed by atoms with Crippen molar-refractivity contribution in [1.29, 1.82) is 0 Å². The van der Waals surface area contributed by atoms with Crippen molar-refractivity contribution in [2.45, 2.75) is 11.4 Å². The Morgan fingerprint density at radius 1 is 1.37 bits per heavy atom. The van der Waals surface area contributed by atoms with Crippen molar-refractivity contribution in [1.82, 2.24) is 4.31 Å². The zero-order valence-electron chi connectivity index (χ0n) is 10.2. The Morgan fingerprint density at radius 2 is 2.11 bits per heavy atom. The number of hydrogen-bond donors (Lipinski definition) is 1. The molecule has 0 aliphatic heterocycles. The number of nitrogen functional groups attached to an aromatic ring is 1. The van der Waals surface area contributed by atoms with E-state index in [1.165, 1.54) is 36.0 Å². The molecule has 0 saturated carbocycles. The number of hydrogen-bond acceptors (Lipinski definition) is 4. The average molecular weight is 345 g/mol. The monoisotopic (exact) mass is 344 g/mol. The van der Waals surface area contributed by atoms with E-state index >= 15 is 0 Å². The number of anilines is 1. The van der Waals surface area contributed by atoms with Crippen molar-refractivity contribution >= 4 is 31.6 Å². The number of halogens is 1. The first kappa shape index (κ1) is 14.1. The van der Waals surface area contributed by atoms with E-state index in [9.17, 15) is 8.42 Å². The minimum atomic E-state index is -3.56. The molecule has 0 aliphatic carbocycles. The second kappa shape index (κ2) is 5.36. The third-order valence-electron chi connectivity index (χ3n) is 2.66. The largest absolute Gasteiger partial charge is 0.472 e. The van der Waals surface area contributed by atoms with Gasteiger partial charge in [0.05, 0.1) is 17.4 Å². The molecule has 2 rings (SSSR count). The van der Waals surface area contributed by atoms with Gasteiger partial charge in [-0.25, -0.2) is 8.42 Å². The van der Waals surface area contributed by atoms with Crippen LogP contribution in [0, 0.1) is 0 Å². The summed E-state index contributed by atoms with van der Waals surface area (Å²) in [6.45, 7) is 0.245. The first-order valence-electron chi connectivity index (χ1n) is 5.43. The molecular formula is C12H13BrN2O3S. The predicted molar refractivity (Wildman–Crippen MR) is 75.9 cm³/mol. The van der Waals surface area contributed by atoms with Gasteiger partial charge < -0.3 is 10.2 Å². The van der Waals surface area contributed by atoms with Gasteiger partial charge in [-0.05, 0) is 40.2 Å².